The molecule has 1 aliphatic heterocycles. The fourth-order valence-corrected chi connectivity index (χ4v) is 3.80. The number of nitriles is 1. The number of pyridine rings is 1. The summed E-state index contributed by atoms with van der Waals surface area (Å²) in [5.74, 6) is -0.515. The van der Waals surface area contributed by atoms with Gasteiger partial charge in [-0.05, 0) is 86.3 Å². The number of nitrogens with zero attached hydrogens (tertiary/aromatic N) is 3. The standard InChI is InChI=1S/C26H24N4O3/c1-16-6-7-20(13-17(16)2)30-12-10-22(26(30)32)24(31)29-23-9-8-21(14-18(23)3)33-25-19(15-27)5-4-11-28-25/h4-9,11,13-14,22H,10,12H2,1-3H3,(H,29,31). The van der Waals surface area contributed by atoms with E-state index in [1.54, 1.807) is 41.4 Å². The Morgan fingerprint density at radius 3 is 2.67 bits per heavy atom. The highest BCUT2D eigenvalue weighted by Gasteiger charge is 2.37. The number of carbonyl (C=O) groups is 2. The topological polar surface area (TPSA) is 95.3 Å². The summed E-state index contributed by atoms with van der Waals surface area (Å²) < 4.78 is 5.73. The van der Waals surface area contributed by atoms with Crippen LogP contribution in [-0.4, -0.2) is 23.3 Å². The van der Waals surface area contributed by atoms with Gasteiger partial charge in [0.25, 0.3) is 0 Å². The molecule has 1 fully saturated rings. The van der Waals surface area contributed by atoms with Crippen molar-refractivity contribution in [2.75, 3.05) is 16.8 Å². The molecule has 1 aromatic heterocycles. The van der Waals surface area contributed by atoms with Gasteiger partial charge in [0.2, 0.25) is 17.7 Å². The molecule has 3 aromatic rings. The number of amides is 2. The van der Waals surface area contributed by atoms with Crippen LogP contribution in [0.5, 0.6) is 11.6 Å². The summed E-state index contributed by atoms with van der Waals surface area (Å²) in [7, 11) is 0. The van der Waals surface area contributed by atoms with E-state index in [9.17, 15) is 14.9 Å². The highest BCUT2D eigenvalue weighted by Crippen LogP contribution is 2.30. The van der Waals surface area contributed by atoms with Crippen LogP contribution < -0.4 is 15.0 Å². The van der Waals surface area contributed by atoms with Crippen LogP contribution in [0.3, 0.4) is 0 Å². The molecule has 1 N–H and O–H groups in total. The van der Waals surface area contributed by atoms with E-state index >= 15 is 0 Å². The quantitative estimate of drug-likeness (QED) is 0.582. The minimum Gasteiger partial charge on any atom is -0.438 e. The first kappa shape index (κ1) is 22.0. The van der Waals surface area contributed by atoms with Gasteiger partial charge in [-0.25, -0.2) is 4.98 Å². The zero-order chi connectivity index (χ0) is 23.5. The molecule has 1 atom stereocenters. The average molecular weight is 441 g/mol. The molecule has 166 valence electrons. The lowest BCUT2D eigenvalue weighted by Gasteiger charge is -2.18. The van der Waals surface area contributed by atoms with Crippen LogP contribution >= 0.6 is 0 Å². The van der Waals surface area contributed by atoms with Crippen LogP contribution in [0.25, 0.3) is 0 Å². The number of hydrogen-bond acceptors (Lipinski definition) is 5. The molecule has 33 heavy (non-hydrogen) atoms. The van der Waals surface area contributed by atoms with Crippen molar-refractivity contribution in [3.63, 3.8) is 0 Å². The molecule has 0 saturated carbocycles. The average Bonchev–Trinajstić information content (AvgIpc) is 3.19. The fourth-order valence-electron chi connectivity index (χ4n) is 3.80. The minimum absolute atomic E-state index is 0.187. The smallest absolute Gasteiger partial charge is 0.239 e. The first-order valence-corrected chi connectivity index (χ1v) is 10.7. The number of hydrogen-bond donors (Lipinski definition) is 1. The lowest BCUT2D eigenvalue weighted by molar-refractivity contribution is -0.129. The second-order valence-electron chi connectivity index (χ2n) is 8.14. The zero-order valence-electron chi connectivity index (χ0n) is 18.8. The Bertz CT molecular complexity index is 1280. The summed E-state index contributed by atoms with van der Waals surface area (Å²) in [4.78, 5) is 31.6. The Balaban J connectivity index is 1.45. The molecule has 1 aliphatic rings. The summed E-state index contributed by atoms with van der Waals surface area (Å²) in [6, 6.07) is 16.4. The number of carbonyl (C=O) groups excluding carboxylic acids is 2. The highest BCUT2D eigenvalue weighted by molar-refractivity contribution is 6.13. The molecule has 4 rings (SSSR count). The first-order chi connectivity index (χ1) is 15.9. The summed E-state index contributed by atoms with van der Waals surface area (Å²) in [6.45, 7) is 6.38. The maximum Gasteiger partial charge on any atom is 0.239 e. The summed E-state index contributed by atoms with van der Waals surface area (Å²) in [6.07, 6.45) is 2.02. The van der Waals surface area contributed by atoms with Crippen molar-refractivity contribution in [1.29, 1.82) is 5.26 Å². The molecule has 7 nitrogen and oxygen atoms in total. The molecule has 2 amide bonds. The lowest BCUT2D eigenvalue weighted by atomic mass is 10.1. The third kappa shape index (κ3) is 4.55. The molecule has 7 heteroatoms. The molecule has 2 heterocycles. The van der Waals surface area contributed by atoms with Crippen molar-refractivity contribution in [2.45, 2.75) is 27.2 Å². The molecule has 0 spiro atoms. The Morgan fingerprint density at radius 2 is 1.94 bits per heavy atom. The normalized spacial score (nSPS) is 15.3. The molecule has 1 saturated heterocycles. The second kappa shape index (κ2) is 9.13. The van der Waals surface area contributed by atoms with Crippen molar-refractivity contribution in [1.82, 2.24) is 4.98 Å². The van der Waals surface area contributed by atoms with Crippen molar-refractivity contribution in [3.05, 3.63) is 77.0 Å². The van der Waals surface area contributed by atoms with Crippen LogP contribution in [0.4, 0.5) is 11.4 Å². The van der Waals surface area contributed by atoms with Gasteiger partial charge in [0.1, 0.15) is 23.3 Å². The van der Waals surface area contributed by atoms with E-state index in [-0.39, 0.29) is 17.7 Å². The van der Waals surface area contributed by atoms with Crippen LogP contribution in [0.1, 0.15) is 28.7 Å². The van der Waals surface area contributed by atoms with E-state index in [1.165, 1.54) is 0 Å². The van der Waals surface area contributed by atoms with Crippen molar-refractivity contribution < 1.29 is 14.3 Å². The Morgan fingerprint density at radius 1 is 1.12 bits per heavy atom. The van der Waals surface area contributed by atoms with Gasteiger partial charge in [0, 0.05) is 24.1 Å². The number of aryl methyl sites for hydroxylation is 3. The van der Waals surface area contributed by atoms with Crippen molar-refractivity contribution >= 4 is 23.2 Å². The summed E-state index contributed by atoms with van der Waals surface area (Å²) in [5, 5.41) is 12.1. The van der Waals surface area contributed by atoms with Gasteiger partial charge in [0.15, 0.2) is 0 Å². The van der Waals surface area contributed by atoms with Gasteiger partial charge in [0.05, 0.1) is 0 Å². The largest absolute Gasteiger partial charge is 0.438 e. The van der Waals surface area contributed by atoms with Crippen LogP contribution in [-0.2, 0) is 9.59 Å². The Labute approximate surface area is 192 Å². The third-order valence-corrected chi connectivity index (χ3v) is 5.89. The third-order valence-electron chi connectivity index (χ3n) is 5.89. The van der Waals surface area contributed by atoms with E-state index in [0.29, 0.717) is 30.0 Å². The van der Waals surface area contributed by atoms with E-state index < -0.39 is 5.92 Å². The van der Waals surface area contributed by atoms with Gasteiger partial charge >= 0.3 is 0 Å². The van der Waals surface area contributed by atoms with Crippen LogP contribution in [0.2, 0.25) is 0 Å². The molecular formula is C26H24N4O3. The second-order valence-corrected chi connectivity index (χ2v) is 8.14. The van der Waals surface area contributed by atoms with Crippen molar-refractivity contribution in [3.8, 4) is 17.7 Å². The van der Waals surface area contributed by atoms with Gasteiger partial charge in [-0.2, -0.15) is 5.26 Å². The zero-order valence-corrected chi connectivity index (χ0v) is 18.8. The number of nitrogens with one attached hydrogen (secondary N) is 1. The number of ether oxygens (including phenoxy) is 1. The minimum atomic E-state index is -0.728. The highest BCUT2D eigenvalue weighted by atomic mass is 16.5. The number of anilines is 2. The molecule has 1 unspecified atom stereocenters. The molecular weight excluding hydrogens is 416 g/mol. The fraction of sp³-hybridized carbons (Fsp3) is 0.231. The van der Waals surface area contributed by atoms with Crippen LogP contribution in [0.15, 0.2) is 54.7 Å². The number of aromatic nitrogens is 1. The molecule has 0 bridgehead atoms. The van der Waals surface area contributed by atoms with Gasteiger partial charge in [-0.1, -0.05) is 6.07 Å². The van der Waals surface area contributed by atoms with E-state index in [4.69, 9.17) is 4.74 Å². The van der Waals surface area contributed by atoms with Crippen LogP contribution in [0, 0.1) is 38.0 Å². The van der Waals surface area contributed by atoms with E-state index in [1.807, 2.05) is 45.0 Å². The Kier molecular flexibility index (Phi) is 6.09. The van der Waals surface area contributed by atoms with Crippen molar-refractivity contribution in [2.24, 2.45) is 5.92 Å². The summed E-state index contributed by atoms with van der Waals surface area (Å²) >= 11 is 0. The number of benzene rings is 2. The van der Waals surface area contributed by atoms with E-state index in [0.717, 1.165) is 22.4 Å². The van der Waals surface area contributed by atoms with Gasteiger partial charge < -0.3 is 15.0 Å². The number of rotatable bonds is 5. The first-order valence-electron chi connectivity index (χ1n) is 10.7. The maximum atomic E-state index is 12.9. The van der Waals surface area contributed by atoms with E-state index in [2.05, 4.69) is 10.3 Å². The predicted molar refractivity (Wildman–Crippen MR) is 125 cm³/mol. The SMILES string of the molecule is Cc1ccc(N2CCC(C(=O)Nc3ccc(Oc4ncccc4C#N)cc3C)C2=O)cc1C. The van der Waals surface area contributed by atoms with Gasteiger partial charge in [-0.3, -0.25) is 9.59 Å². The lowest BCUT2D eigenvalue weighted by Crippen LogP contribution is -2.33. The maximum absolute atomic E-state index is 12.9. The Hall–Kier alpha value is -4.18. The summed E-state index contributed by atoms with van der Waals surface area (Å²) in [5.41, 5.74) is 4.80. The molecule has 2 aromatic carbocycles. The molecule has 0 aliphatic carbocycles. The van der Waals surface area contributed by atoms with Gasteiger partial charge in [-0.15, -0.1) is 0 Å². The molecule has 0 radical (unpaired) electrons. The monoisotopic (exact) mass is 440 g/mol. The predicted octanol–water partition coefficient (Wildman–Crippen LogP) is 4.66.